The number of hydrogen-bond acceptors (Lipinski definition) is 1. The molecule has 0 atom stereocenters. The zero-order valence-corrected chi connectivity index (χ0v) is 10.7. The van der Waals surface area contributed by atoms with Gasteiger partial charge in [0, 0.05) is 7.11 Å². The Morgan fingerprint density at radius 2 is 1.42 bits per heavy atom. The van der Waals surface area contributed by atoms with Crippen LogP contribution in [0.25, 0.3) is 0 Å². The van der Waals surface area contributed by atoms with Crippen LogP contribution in [0.1, 0.15) is 40.5 Å². The third kappa shape index (κ3) is 6.86. The van der Waals surface area contributed by atoms with Gasteiger partial charge in [0.05, 0.1) is 0 Å². The van der Waals surface area contributed by atoms with E-state index in [1.54, 1.807) is 0 Å². The molecule has 0 aromatic heterocycles. The molecule has 0 rings (SSSR count). The van der Waals surface area contributed by atoms with Crippen LogP contribution in [0.4, 0.5) is 0 Å². The lowest BCUT2D eigenvalue weighted by molar-refractivity contribution is 0.395. The average Bonchev–Trinajstić information content (AvgIpc) is 1.84. The molecule has 0 unspecified atom stereocenters. The molecule has 0 radical (unpaired) electrons. The molecule has 0 aromatic rings. The van der Waals surface area contributed by atoms with E-state index in [1.165, 1.54) is 12.8 Å². The van der Waals surface area contributed by atoms with Crippen molar-refractivity contribution < 1.29 is 4.43 Å². The largest absolute Gasteiger partial charge is 0.427 e. The SMILES string of the molecule is CO[SiH2]C(CC(C)C)CC(C)C. The van der Waals surface area contributed by atoms with Gasteiger partial charge >= 0.3 is 0 Å². The lowest BCUT2D eigenvalue weighted by atomic mass is 10.0. The topological polar surface area (TPSA) is 9.23 Å². The van der Waals surface area contributed by atoms with Crippen LogP contribution in [0.15, 0.2) is 0 Å². The maximum atomic E-state index is 5.34. The van der Waals surface area contributed by atoms with Crippen molar-refractivity contribution in [2.75, 3.05) is 7.11 Å². The van der Waals surface area contributed by atoms with Crippen molar-refractivity contribution >= 4 is 9.76 Å². The second kappa shape index (κ2) is 6.67. The molecule has 1 nitrogen and oxygen atoms in total. The van der Waals surface area contributed by atoms with Gasteiger partial charge in [-0.2, -0.15) is 0 Å². The van der Waals surface area contributed by atoms with E-state index in [0.29, 0.717) is 0 Å². The van der Waals surface area contributed by atoms with E-state index in [1.807, 2.05) is 7.11 Å². The minimum absolute atomic E-state index is 0.250. The van der Waals surface area contributed by atoms with Gasteiger partial charge in [0.1, 0.15) is 0 Å². The smallest absolute Gasteiger partial charge is 0.164 e. The summed E-state index contributed by atoms with van der Waals surface area (Å²) < 4.78 is 5.34. The molecule has 0 bridgehead atoms. The molecule has 0 N–H and O–H groups in total. The molecule has 0 aromatic carbocycles. The van der Waals surface area contributed by atoms with Crippen molar-refractivity contribution in [2.45, 2.75) is 46.1 Å². The van der Waals surface area contributed by atoms with Gasteiger partial charge in [-0.1, -0.05) is 27.7 Å². The van der Waals surface area contributed by atoms with Crippen molar-refractivity contribution in [2.24, 2.45) is 11.8 Å². The molecular formula is C10H24OSi. The normalized spacial score (nSPS) is 13.0. The Morgan fingerprint density at radius 3 is 1.67 bits per heavy atom. The lowest BCUT2D eigenvalue weighted by Gasteiger charge is -2.19. The van der Waals surface area contributed by atoms with Crippen LogP contribution in [0, 0.1) is 11.8 Å². The Labute approximate surface area is 79.8 Å². The van der Waals surface area contributed by atoms with Gasteiger partial charge in [-0.25, -0.2) is 0 Å². The molecule has 0 saturated heterocycles. The van der Waals surface area contributed by atoms with E-state index in [-0.39, 0.29) is 9.76 Å². The number of hydrogen-bond donors (Lipinski definition) is 0. The van der Waals surface area contributed by atoms with Crippen LogP contribution in [0.5, 0.6) is 0 Å². The summed E-state index contributed by atoms with van der Waals surface area (Å²) in [5, 5.41) is 0. The highest BCUT2D eigenvalue weighted by molar-refractivity contribution is 6.29. The summed E-state index contributed by atoms with van der Waals surface area (Å²) in [5.74, 6) is 1.66. The van der Waals surface area contributed by atoms with Crippen molar-refractivity contribution in [3.05, 3.63) is 0 Å². The molecule has 74 valence electrons. The van der Waals surface area contributed by atoms with Gasteiger partial charge in [-0.3, -0.25) is 0 Å². The molecule has 0 fully saturated rings. The highest BCUT2D eigenvalue weighted by atomic mass is 28.2. The zero-order valence-electron chi connectivity index (χ0n) is 9.26. The summed E-state index contributed by atoms with van der Waals surface area (Å²) in [6.45, 7) is 9.21. The quantitative estimate of drug-likeness (QED) is 0.582. The first-order valence-corrected chi connectivity index (χ1v) is 6.44. The first-order valence-electron chi connectivity index (χ1n) is 5.05. The Kier molecular flexibility index (Phi) is 6.77. The Hall–Kier alpha value is 0.177. The summed E-state index contributed by atoms with van der Waals surface area (Å²) in [6.07, 6.45) is 2.72. The fraction of sp³-hybridized carbons (Fsp3) is 1.00. The molecule has 0 spiro atoms. The van der Waals surface area contributed by atoms with E-state index >= 15 is 0 Å². The van der Waals surface area contributed by atoms with Gasteiger partial charge in [0.15, 0.2) is 9.76 Å². The maximum Gasteiger partial charge on any atom is 0.164 e. The van der Waals surface area contributed by atoms with Crippen LogP contribution in [0.2, 0.25) is 5.54 Å². The molecule has 12 heavy (non-hydrogen) atoms. The molecule has 0 amide bonds. The highest BCUT2D eigenvalue weighted by Gasteiger charge is 2.12. The van der Waals surface area contributed by atoms with E-state index in [2.05, 4.69) is 27.7 Å². The first kappa shape index (κ1) is 12.2. The fourth-order valence-electron chi connectivity index (χ4n) is 1.80. The second-order valence-electron chi connectivity index (χ2n) is 4.58. The minimum atomic E-state index is -0.250. The van der Waals surface area contributed by atoms with E-state index in [0.717, 1.165) is 17.4 Å². The first-order chi connectivity index (χ1) is 5.56. The zero-order chi connectivity index (χ0) is 9.56. The molecule has 0 saturated carbocycles. The summed E-state index contributed by atoms with van der Waals surface area (Å²) in [6, 6.07) is 0. The average molecular weight is 188 g/mol. The lowest BCUT2D eigenvalue weighted by Crippen LogP contribution is -2.11. The van der Waals surface area contributed by atoms with Gasteiger partial charge in [-0.15, -0.1) is 0 Å². The summed E-state index contributed by atoms with van der Waals surface area (Å²) >= 11 is 0. The van der Waals surface area contributed by atoms with Gasteiger partial charge in [0.2, 0.25) is 0 Å². The van der Waals surface area contributed by atoms with Crippen molar-refractivity contribution in [1.29, 1.82) is 0 Å². The molecule has 0 aliphatic heterocycles. The predicted molar refractivity (Wildman–Crippen MR) is 58.2 cm³/mol. The Bertz CT molecular complexity index is 92.0. The van der Waals surface area contributed by atoms with Crippen molar-refractivity contribution in [3.63, 3.8) is 0 Å². The maximum absolute atomic E-state index is 5.34. The van der Waals surface area contributed by atoms with Crippen LogP contribution >= 0.6 is 0 Å². The summed E-state index contributed by atoms with van der Waals surface area (Å²) in [4.78, 5) is 0. The molecular weight excluding hydrogens is 164 g/mol. The van der Waals surface area contributed by atoms with Crippen LogP contribution in [-0.4, -0.2) is 16.9 Å². The minimum Gasteiger partial charge on any atom is -0.427 e. The Balaban J connectivity index is 3.69. The molecule has 0 heterocycles. The molecule has 0 aliphatic rings. The third-order valence-electron chi connectivity index (χ3n) is 2.01. The van der Waals surface area contributed by atoms with Crippen LogP contribution in [-0.2, 0) is 4.43 Å². The van der Waals surface area contributed by atoms with E-state index < -0.39 is 0 Å². The van der Waals surface area contributed by atoms with Crippen molar-refractivity contribution in [1.82, 2.24) is 0 Å². The second-order valence-corrected chi connectivity index (χ2v) is 6.65. The number of rotatable bonds is 6. The summed E-state index contributed by atoms with van der Waals surface area (Å²) in [7, 11) is 1.61. The van der Waals surface area contributed by atoms with Gasteiger partial charge in [0.25, 0.3) is 0 Å². The van der Waals surface area contributed by atoms with Crippen molar-refractivity contribution in [3.8, 4) is 0 Å². The van der Waals surface area contributed by atoms with Gasteiger partial charge in [-0.05, 0) is 30.2 Å². The van der Waals surface area contributed by atoms with Crippen LogP contribution in [0.3, 0.4) is 0 Å². The van der Waals surface area contributed by atoms with Gasteiger partial charge < -0.3 is 4.43 Å². The van der Waals surface area contributed by atoms with Crippen LogP contribution < -0.4 is 0 Å². The van der Waals surface area contributed by atoms with E-state index in [4.69, 9.17) is 4.43 Å². The van der Waals surface area contributed by atoms with E-state index in [9.17, 15) is 0 Å². The molecule has 2 heteroatoms. The monoisotopic (exact) mass is 188 g/mol. The standard InChI is InChI=1S/C10H24OSi/c1-8(2)6-10(12-11-5)7-9(3)4/h8-10H,6-7,12H2,1-5H3. The Morgan fingerprint density at radius 1 is 1.00 bits per heavy atom. The summed E-state index contributed by atoms with van der Waals surface area (Å²) in [5.41, 5.74) is 0.898. The predicted octanol–water partition coefficient (Wildman–Crippen LogP) is 2.60. The third-order valence-corrected chi connectivity index (χ3v) is 3.48. The molecule has 0 aliphatic carbocycles. The fourth-order valence-corrected chi connectivity index (χ4v) is 3.88. The highest BCUT2D eigenvalue weighted by Crippen LogP contribution is 2.24.